The molecule has 1 fully saturated rings. The summed E-state index contributed by atoms with van der Waals surface area (Å²) in [5.74, 6) is -0.461. The second kappa shape index (κ2) is 6.17. The zero-order chi connectivity index (χ0) is 16.5. The number of halogens is 2. The van der Waals surface area contributed by atoms with E-state index >= 15 is 0 Å². The average molecular weight is 325 g/mol. The Kier molecular flexibility index (Phi) is 3.86. The van der Waals surface area contributed by atoms with Crippen LogP contribution in [0, 0.1) is 11.6 Å². The fourth-order valence-electron chi connectivity index (χ4n) is 3.21. The summed E-state index contributed by atoms with van der Waals surface area (Å²) in [6, 6.07) is 13.4. The summed E-state index contributed by atoms with van der Waals surface area (Å²) in [5, 5.41) is 7.16. The average Bonchev–Trinajstić information content (AvgIpc) is 3.03. The van der Waals surface area contributed by atoms with Crippen molar-refractivity contribution in [3.8, 4) is 11.3 Å². The second-order valence-corrected chi connectivity index (χ2v) is 6.10. The highest BCUT2D eigenvalue weighted by Crippen LogP contribution is 2.35. The van der Waals surface area contributed by atoms with Gasteiger partial charge in [0.2, 0.25) is 0 Å². The molecule has 1 unspecified atom stereocenters. The molecule has 0 radical (unpaired) electrons. The zero-order valence-electron chi connectivity index (χ0n) is 13.0. The molecule has 2 heterocycles. The van der Waals surface area contributed by atoms with E-state index in [1.165, 1.54) is 24.3 Å². The minimum absolute atomic E-state index is 0.210. The van der Waals surface area contributed by atoms with Crippen LogP contribution < -0.4 is 0 Å². The maximum Gasteiger partial charge on any atom is 0.123 e. The topological polar surface area (TPSA) is 31.9 Å². The molecule has 1 atom stereocenters. The lowest BCUT2D eigenvalue weighted by atomic mass is 9.93. The van der Waals surface area contributed by atoms with Crippen molar-refractivity contribution < 1.29 is 8.78 Å². The monoisotopic (exact) mass is 325 g/mol. The zero-order valence-corrected chi connectivity index (χ0v) is 13.0. The van der Waals surface area contributed by atoms with Gasteiger partial charge in [-0.1, -0.05) is 12.1 Å². The van der Waals surface area contributed by atoms with Crippen LogP contribution >= 0.6 is 0 Å². The number of benzene rings is 2. The molecular formula is C19H17F2N3. The molecule has 4 rings (SSSR count). The summed E-state index contributed by atoms with van der Waals surface area (Å²) >= 11 is 0. The van der Waals surface area contributed by atoms with E-state index in [2.05, 4.69) is 15.1 Å². The number of nitrogens with zero attached hydrogens (tertiary/aromatic N) is 2. The van der Waals surface area contributed by atoms with Crippen molar-refractivity contribution in [1.82, 2.24) is 15.1 Å². The predicted octanol–water partition coefficient (Wildman–Crippen LogP) is 4.30. The minimum atomic E-state index is -0.251. The molecule has 122 valence electrons. The van der Waals surface area contributed by atoms with Crippen LogP contribution in [0.5, 0.6) is 0 Å². The van der Waals surface area contributed by atoms with Crippen molar-refractivity contribution in [2.75, 3.05) is 6.54 Å². The van der Waals surface area contributed by atoms with Crippen molar-refractivity contribution in [3.63, 3.8) is 0 Å². The van der Waals surface area contributed by atoms with Crippen molar-refractivity contribution in [3.05, 3.63) is 77.5 Å². The van der Waals surface area contributed by atoms with Gasteiger partial charge >= 0.3 is 0 Å². The molecule has 1 saturated heterocycles. The number of nitrogens with one attached hydrogen (secondary N) is 1. The highest BCUT2D eigenvalue weighted by molar-refractivity contribution is 5.62. The van der Waals surface area contributed by atoms with Gasteiger partial charge in [-0.15, -0.1) is 0 Å². The summed E-state index contributed by atoms with van der Waals surface area (Å²) in [4.78, 5) is 2.34. The molecule has 1 aliphatic rings. The summed E-state index contributed by atoms with van der Waals surface area (Å²) in [6.45, 7) is 1.75. The van der Waals surface area contributed by atoms with Crippen LogP contribution in [0.1, 0.15) is 23.6 Å². The minimum Gasteiger partial charge on any atom is -0.292 e. The molecule has 2 aromatic carbocycles. The first kappa shape index (κ1) is 15.0. The standard InChI is InChI=1S/C19H17F2N3/c20-16-5-1-13(2-6-16)18-9-10-24(18)12-15-11-22-23-19(15)14-3-7-17(21)8-4-14/h1-8,11,18H,9-10,12H2,(H,22,23). The molecule has 0 spiro atoms. The van der Waals surface area contributed by atoms with E-state index in [-0.39, 0.29) is 11.6 Å². The van der Waals surface area contributed by atoms with E-state index in [0.717, 1.165) is 41.9 Å². The molecule has 1 aliphatic heterocycles. The lowest BCUT2D eigenvalue weighted by Crippen LogP contribution is -2.40. The molecule has 0 amide bonds. The highest BCUT2D eigenvalue weighted by atomic mass is 19.1. The van der Waals surface area contributed by atoms with Gasteiger partial charge in [0.1, 0.15) is 11.6 Å². The van der Waals surface area contributed by atoms with Gasteiger partial charge in [0.05, 0.1) is 11.9 Å². The Morgan fingerprint density at radius 1 is 1.00 bits per heavy atom. The van der Waals surface area contributed by atoms with Gasteiger partial charge in [-0.05, 0) is 48.4 Å². The molecular weight excluding hydrogens is 308 g/mol. The third kappa shape index (κ3) is 2.83. The largest absolute Gasteiger partial charge is 0.292 e. The van der Waals surface area contributed by atoms with Gasteiger partial charge in [-0.25, -0.2) is 8.78 Å². The Morgan fingerprint density at radius 2 is 1.67 bits per heavy atom. The van der Waals surface area contributed by atoms with Crippen molar-refractivity contribution >= 4 is 0 Å². The normalized spacial score (nSPS) is 17.7. The number of aromatic amines is 1. The fraction of sp³-hybridized carbons (Fsp3) is 0.211. The molecule has 0 aliphatic carbocycles. The van der Waals surface area contributed by atoms with Gasteiger partial charge in [0, 0.05) is 30.3 Å². The lowest BCUT2D eigenvalue weighted by Gasteiger charge is -2.41. The van der Waals surface area contributed by atoms with Gasteiger partial charge in [-0.2, -0.15) is 5.10 Å². The number of rotatable bonds is 4. The quantitative estimate of drug-likeness (QED) is 0.775. The van der Waals surface area contributed by atoms with E-state index in [1.54, 1.807) is 12.1 Å². The van der Waals surface area contributed by atoms with E-state index in [1.807, 2.05) is 18.3 Å². The summed E-state index contributed by atoms with van der Waals surface area (Å²) < 4.78 is 26.2. The maximum absolute atomic E-state index is 13.1. The van der Waals surface area contributed by atoms with Gasteiger partial charge in [-0.3, -0.25) is 10.00 Å². The second-order valence-electron chi connectivity index (χ2n) is 6.10. The predicted molar refractivity (Wildman–Crippen MR) is 88.1 cm³/mol. The first-order chi connectivity index (χ1) is 11.7. The van der Waals surface area contributed by atoms with Crippen LogP contribution in [0.4, 0.5) is 8.78 Å². The number of hydrogen-bond donors (Lipinski definition) is 1. The Labute approximate surface area is 138 Å². The lowest BCUT2D eigenvalue weighted by molar-refractivity contribution is 0.0820. The third-order valence-corrected chi connectivity index (χ3v) is 4.61. The molecule has 0 bridgehead atoms. The molecule has 3 aromatic rings. The van der Waals surface area contributed by atoms with Crippen LogP contribution in [0.2, 0.25) is 0 Å². The summed E-state index contributed by atoms with van der Waals surface area (Å²) in [5.41, 5.74) is 4.05. The van der Waals surface area contributed by atoms with Crippen LogP contribution in [0.25, 0.3) is 11.3 Å². The molecule has 1 aromatic heterocycles. The molecule has 0 saturated carbocycles. The molecule has 1 N–H and O–H groups in total. The number of likely N-dealkylation sites (tertiary alicyclic amines) is 1. The first-order valence-electron chi connectivity index (χ1n) is 7.98. The van der Waals surface area contributed by atoms with Crippen molar-refractivity contribution in [2.45, 2.75) is 19.0 Å². The Morgan fingerprint density at radius 3 is 2.29 bits per heavy atom. The van der Waals surface area contributed by atoms with Crippen LogP contribution in [0.15, 0.2) is 54.7 Å². The molecule has 3 nitrogen and oxygen atoms in total. The molecule has 24 heavy (non-hydrogen) atoms. The van der Waals surface area contributed by atoms with Gasteiger partial charge in [0.15, 0.2) is 0 Å². The maximum atomic E-state index is 13.1. The van der Waals surface area contributed by atoms with Crippen LogP contribution in [0.3, 0.4) is 0 Å². The van der Waals surface area contributed by atoms with Gasteiger partial charge < -0.3 is 0 Å². The number of H-pyrrole nitrogens is 1. The summed E-state index contributed by atoms with van der Waals surface area (Å²) in [6.07, 6.45) is 2.88. The Hall–Kier alpha value is -2.53. The molecule has 5 heteroatoms. The van der Waals surface area contributed by atoms with E-state index in [0.29, 0.717) is 6.04 Å². The first-order valence-corrected chi connectivity index (χ1v) is 7.98. The Bertz CT molecular complexity index is 825. The van der Waals surface area contributed by atoms with E-state index in [4.69, 9.17) is 0 Å². The fourth-order valence-corrected chi connectivity index (χ4v) is 3.21. The smallest absolute Gasteiger partial charge is 0.123 e. The van der Waals surface area contributed by atoms with Crippen LogP contribution in [-0.4, -0.2) is 21.6 Å². The van der Waals surface area contributed by atoms with E-state index in [9.17, 15) is 8.78 Å². The SMILES string of the molecule is Fc1ccc(-c2[nH]ncc2CN2CCC2c2ccc(F)cc2)cc1. The summed E-state index contributed by atoms with van der Waals surface area (Å²) in [7, 11) is 0. The number of hydrogen-bond acceptors (Lipinski definition) is 2. The Balaban J connectivity index is 1.53. The number of aromatic nitrogens is 2. The van der Waals surface area contributed by atoms with Crippen molar-refractivity contribution in [2.24, 2.45) is 0 Å². The van der Waals surface area contributed by atoms with Gasteiger partial charge in [0.25, 0.3) is 0 Å². The van der Waals surface area contributed by atoms with Crippen molar-refractivity contribution in [1.29, 1.82) is 0 Å². The highest BCUT2D eigenvalue weighted by Gasteiger charge is 2.30. The van der Waals surface area contributed by atoms with E-state index < -0.39 is 0 Å². The third-order valence-electron chi connectivity index (χ3n) is 4.61. The van der Waals surface area contributed by atoms with Crippen LogP contribution in [-0.2, 0) is 6.54 Å².